The van der Waals surface area contributed by atoms with Crippen LogP contribution in [-0.4, -0.2) is 118 Å². The number of nitrogens with two attached hydrogens (primary N) is 3. The first kappa shape index (κ1) is 34.7. The molecule has 1 atom stereocenters. The van der Waals surface area contributed by atoms with Gasteiger partial charge in [0.25, 0.3) is 0 Å². The minimum atomic E-state index is -0.262. The maximum absolute atomic E-state index is 11.3. The molecule has 3 aliphatic heterocycles. The normalized spacial score (nSPS) is 19.5. The van der Waals surface area contributed by atoms with Gasteiger partial charge in [0.05, 0.1) is 17.3 Å². The summed E-state index contributed by atoms with van der Waals surface area (Å²) in [6.07, 6.45) is 7.00. The van der Waals surface area contributed by atoms with Gasteiger partial charge in [-0.3, -0.25) is 14.6 Å². The van der Waals surface area contributed by atoms with Gasteiger partial charge < -0.3 is 42.0 Å². The molecule has 2 aromatic carbocycles. The molecule has 0 bridgehead atoms. The van der Waals surface area contributed by atoms with Crippen LogP contribution in [0.2, 0.25) is 0 Å². The number of hydrogen-bond donors (Lipinski definition) is 5. The van der Waals surface area contributed by atoms with Crippen LogP contribution in [0.3, 0.4) is 0 Å². The van der Waals surface area contributed by atoms with Crippen LogP contribution in [0.5, 0.6) is 5.75 Å². The number of para-hydroxylation sites is 1. The molecule has 1 amide bonds. The lowest BCUT2D eigenvalue weighted by molar-refractivity contribution is -0.118. The second-order valence-electron chi connectivity index (χ2n) is 14.2. The quantitative estimate of drug-likeness (QED) is 0.141. The molecule has 12 nitrogen and oxygen atoms in total. The fraction of sp³-hybridized carbons (Fsp3) is 0.436. The largest absolute Gasteiger partial charge is 0.507 e. The summed E-state index contributed by atoms with van der Waals surface area (Å²) in [5.74, 6) is 0.537. The van der Waals surface area contributed by atoms with Crippen LogP contribution in [-0.2, 0) is 17.8 Å². The Labute approximate surface area is 300 Å². The van der Waals surface area contributed by atoms with Crippen molar-refractivity contribution in [2.45, 2.75) is 38.3 Å². The summed E-state index contributed by atoms with van der Waals surface area (Å²) in [4.78, 5) is 26.2. The number of allylic oxidation sites excluding steroid dienone is 1. The molecule has 2 fully saturated rings. The summed E-state index contributed by atoms with van der Waals surface area (Å²) < 4.78 is 2.23. The molecule has 3 aliphatic rings. The molecule has 51 heavy (non-hydrogen) atoms. The van der Waals surface area contributed by atoms with Gasteiger partial charge in [-0.2, -0.15) is 0 Å². The van der Waals surface area contributed by atoms with Gasteiger partial charge in [-0.1, -0.05) is 18.2 Å². The predicted molar refractivity (Wildman–Crippen MR) is 203 cm³/mol. The molecular formula is C39H52N10O2. The van der Waals surface area contributed by atoms with Crippen molar-refractivity contribution in [3.8, 4) is 5.75 Å². The maximum Gasteiger partial charge on any atom is 0.217 e. The zero-order valence-electron chi connectivity index (χ0n) is 29.5. The van der Waals surface area contributed by atoms with E-state index in [1.807, 2.05) is 30.5 Å². The van der Waals surface area contributed by atoms with E-state index in [2.05, 4.69) is 58.7 Å². The Kier molecular flexibility index (Phi) is 10.6. The smallest absolute Gasteiger partial charge is 0.217 e. The van der Waals surface area contributed by atoms with E-state index in [0.717, 1.165) is 108 Å². The van der Waals surface area contributed by atoms with Crippen LogP contribution in [0.15, 0.2) is 78.4 Å². The van der Waals surface area contributed by atoms with Crippen molar-refractivity contribution in [2.75, 3.05) is 72.0 Å². The number of piperazine rings is 2. The number of fused-ring (bicyclic) bond motifs is 4. The average molecular weight is 693 g/mol. The number of carbonyl (C=O) groups excluding carboxylic acids is 1. The number of phenolic OH excluding ortho intramolecular Hbond substituents is 1. The lowest BCUT2D eigenvalue weighted by Crippen LogP contribution is -2.60. The van der Waals surface area contributed by atoms with E-state index in [4.69, 9.17) is 17.2 Å². The van der Waals surface area contributed by atoms with E-state index < -0.39 is 0 Å². The highest BCUT2D eigenvalue weighted by Crippen LogP contribution is 2.30. The number of nitrogens with zero attached hydrogens (tertiary/aromatic N) is 6. The number of aryl methyl sites for hydroxylation is 2. The van der Waals surface area contributed by atoms with Crippen LogP contribution in [0, 0.1) is 0 Å². The zero-order valence-corrected chi connectivity index (χ0v) is 29.5. The third kappa shape index (κ3) is 7.93. The average Bonchev–Trinajstić information content (AvgIpc) is 3.45. The van der Waals surface area contributed by atoms with Crippen LogP contribution >= 0.6 is 0 Å². The number of benzene rings is 2. The van der Waals surface area contributed by atoms with Gasteiger partial charge in [-0.15, -0.1) is 0 Å². The number of primary amides is 1. The second-order valence-corrected chi connectivity index (χ2v) is 14.2. The van der Waals surface area contributed by atoms with Crippen molar-refractivity contribution >= 4 is 33.5 Å². The van der Waals surface area contributed by atoms with Crippen molar-refractivity contribution in [2.24, 2.45) is 17.2 Å². The zero-order chi connectivity index (χ0) is 35.3. The summed E-state index contributed by atoms with van der Waals surface area (Å²) in [5, 5.41) is 16.0. The molecule has 8 N–H and O–H groups in total. The Morgan fingerprint density at radius 1 is 0.882 bits per heavy atom. The second kappa shape index (κ2) is 15.6. The van der Waals surface area contributed by atoms with Crippen molar-refractivity contribution in [3.63, 3.8) is 0 Å². The molecule has 0 spiro atoms. The van der Waals surface area contributed by atoms with Gasteiger partial charge in [-0.05, 0) is 73.8 Å². The van der Waals surface area contributed by atoms with Crippen molar-refractivity contribution in [3.05, 3.63) is 89.5 Å². The summed E-state index contributed by atoms with van der Waals surface area (Å²) in [6.45, 7) is 12.1. The highest BCUT2D eigenvalue weighted by Gasteiger charge is 2.32. The molecule has 4 aromatic rings. The minimum absolute atomic E-state index is 0.167. The molecule has 2 saturated heterocycles. The van der Waals surface area contributed by atoms with Gasteiger partial charge in [0.15, 0.2) is 0 Å². The molecule has 0 saturated carbocycles. The van der Waals surface area contributed by atoms with Gasteiger partial charge in [0.2, 0.25) is 5.91 Å². The third-order valence-corrected chi connectivity index (χ3v) is 10.8. The van der Waals surface area contributed by atoms with Crippen LogP contribution in [0.1, 0.15) is 30.4 Å². The number of amides is 1. The van der Waals surface area contributed by atoms with Gasteiger partial charge in [0.1, 0.15) is 17.2 Å². The molecule has 12 heteroatoms. The molecule has 7 rings (SSSR count). The Hall–Kier alpha value is -4.78. The lowest BCUT2D eigenvalue weighted by Gasteiger charge is -2.46. The fourth-order valence-electron chi connectivity index (χ4n) is 7.98. The van der Waals surface area contributed by atoms with Crippen molar-refractivity contribution in [1.82, 2.24) is 34.5 Å². The Morgan fingerprint density at radius 3 is 2.45 bits per heavy atom. The topological polar surface area (TPSA) is 158 Å². The van der Waals surface area contributed by atoms with Crippen LogP contribution in [0.25, 0.3) is 27.6 Å². The SMILES string of the molecule is NC(=O)CCCn1c2ccc(CCCN3CCN(CCN4CCN5C(/C=C(\N)c6ccccc6O)=C(N)NCC5C4)CC3)cc2c2cccnc21. The highest BCUT2D eigenvalue weighted by atomic mass is 16.3. The first-order valence-corrected chi connectivity index (χ1v) is 18.4. The number of nitrogens with one attached hydrogen (secondary N) is 1. The summed E-state index contributed by atoms with van der Waals surface area (Å²) in [5.41, 5.74) is 23.7. The van der Waals surface area contributed by atoms with E-state index >= 15 is 0 Å². The fourth-order valence-corrected chi connectivity index (χ4v) is 7.98. The number of aromatic nitrogens is 2. The van der Waals surface area contributed by atoms with Crippen molar-refractivity contribution < 1.29 is 9.90 Å². The summed E-state index contributed by atoms with van der Waals surface area (Å²) in [6, 6.07) is 18.4. The third-order valence-electron chi connectivity index (χ3n) is 10.8. The molecule has 5 heterocycles. The number of aromatic hydroxyl groups is 1. The van der Waals surface area contributed by atoms with Gasteiger partial charge in [0, 0.05) is 107 Å². The molecule has 2 aromatic heterocycles. The lowest BCUT2D eigenvalue weighted by atomic mass is 10.1. The van der Waals surface area contributed by atoms with E-state index in [1.54, 1.807) is 12.1 Å². The molecule has 0 aliphatic carbocycles. The molecule has 0 radical (unpaired) electrons. The van der Waals surface area contributed by atoms with E-state index in [1.165, 1.54) is 16.5 Å². The minimum Gasteiger partial charge on any atom is -0.507 e. The van der Waals surface area contributed by atoms with E-state index in [-0.39, 0.29) is 11.7 Å². The number of carbonyl (C=O) groups is 1. The first-order chi connectivity index (χ1) is 24.8. The number of pyridine rings is 1. The maximum atomic E-state index is 11.3. The number of hydrogen-bond acceptors (Lipinski definition) is 10. The monoisotopic (exact) mass is 692 g/mol. The van der Waals surface area contributed by atoms with Gasteiger partial charge >= 0.3 is 0 Å². The van der Waals surface area contributed by atoms with E-state index in [9.17, 15) is 9.90 Å². The molecule has 1 unspecified atom stereocenters. The summed E-state index contributed by atoms with van der Waals surface area (Å²) >= 11 is 0. The Morgan fingerprint density at radius 2 is 1.65 bits per heavy atom. The van der Waals surface area contributed by atoms with Gasteiger partial charge in [-0.25, -0.2) is 4.98 Å². The van der Waals surface area contributed by atoms with Crippen molar-refractivity contribution in [1.29, 1.82) is 0 Å². The highest BCUT2D eigenvalue weighted by molar-refractivity contribution is 6.06. The Bertz CT molecular complexity index is 1910. The van der Waals surface area contributed by atoms with E-state index in [0.29, 0.717) is 36.0 Å². The standard InChI is InChI=1S/C39H52N10O2/c40-33(31-7-1-2-9-36(31)50)25-35-38(42)44-26-29-27-47(22-23-48(29)35)21-20-46-18-16-45(17-19-46)14-4-6-28-11-12-34-32(24-28)30-8-3-13-43-39(30)49(34)15-5-10-37(41)51/h1-3,7-9,11-13,24-25,29,44,50H,4-6,10,14-23,26-27,40,42H2,(H2,41,51)/b33-25-. The number of phenols is 1. The number of rotatable bonds is 13. The van der Waals surface area contributed by atoms with Crippen LogP contribution in [0.4, 0.5) is 0 Å². The molecule has 270 valence electrons. The Balaban J connectivity index is 0.853. The summed E-state index contributed by atoms with van der Waals surface area (Å²) in [7, 11) is 0. The predicted octanol–water partition coefficient (Wildman–Crippen LogP) is 2.43. The molecular weight excluding hydrogens is 640 g/mol. The first-order valence-electron chi connectivity index (χ1n) is 18.4. The van der Waals surface area contributed by atoms with Crippen LogP contribution < -0.4 is 22.5 Å².